The Morgan fingerprint density at radius 2 is 1.92 bits per heavy atom. The van der Waals surface area contributed by atoms with Crippen molar-refractivity contribution in [2.45, 2.75) is 19.3 Å². The highest BCUT2D eigenvalue weighted by Gasteiger charge is 2.13. The number of hydrogen-bond donors (Lipinski definition) is 0. The third kappa shape index (κ3) is 4.50. The van der Waals surface area contributed by atoms with Gasteiger partial charge in [-0.25, -0.2) is 4.39 Å². The monoisotopic (exact) mass is 323 g/mol. The lowest BCUT2D eigenvalue weighted by Gasteiger charge is -2.09. The number of carbonyl (C=O) groups is 2. The molecule has 1 atom stereocenters. The predicted molar refractivity (Wildman–Crippen MR) is 96.1 cm³/mol. The highest BCUT2D eigenvalue weighted by molar-refractivity contribution is 5.98. The molecule has 0 aliphatic carbocycles. The smallest absolute Gasteiger partial charge is 0.209 e. The topological polar surface area (TPSA) is 34.1 Å². The average Bonchev–Trinajstić information content (AvgIpc) is 2.60. The molecule has 0 aromatic heterocycles. The van der Waals surface area contributed by atoms with Crippen molar-refractivity contribution < 1.29 is 16.8 Å². The van der Waals surface area contributed by atoms with E-state index in [1.165, 1.54) is 18.2 Å². The van der Waals surface area contributed by atoms with Crippen molar-refractivity contribution in [1.82, 2.24) is 0 Å². The van der Waals surface area contributed by atoms with E-state index in [0.29, 0.717) is 5.56 Å². The van der Waals surface area contributed by atoms with Crippen molar-refractivity contribution in [1.29, 1.82) is 0 Å². The Hall–Kier alpha value is -2.99. The van der Waals surface area contributed by atoms with Gasteiger partial charge < -0.3 is 0 Å². The third-order valence-electron chi connectivity index (χ3n) is 3.76. The molecule has 0 amide bonds. The van der Waals surface area contributed by atoms with Gasteiger partial charge >= 0.3 is 0 Å². The van der Waals surface area contributed by atoms with Crippen LogP contribution < -0.4 is 0 Å². The normalized spacial score (nSPS) is 11.9. The second kappa shape index (κ2) is 8.03. The summed E-state index contributed by atoms with van der Waals surface area (Å²) in [6.45, 7) is 1.79. The van der Waals surface area contributed by atoms with Crippen LogP contribution in [0.15, 0.2) is 54.6 Å². The van der Waals surface area contributed by atoms with E-state index in [1.54, 1.807) is 49.4 Å². The lowest BCUT2D eigenvalue weighted by atomic mass is 9.94. The maximum Gasteiger partial charge on any atom is 0.209 e. The van der Waals surface area contributed by atoms with Gasteiger partial charge in [0.05, 0.1) is 0 Å². The molecule has 0 heterocycles. The van der Waals surface area contributed by atoms with Gasteiger partial charge in [-0.2, -0.15) is 0 Å². The van der Waals surface area contributed by atoms with Crippen molar-refractivity contribution in [3.8, 4) is 12.3 Å². The van der Waals surface area contributed by atoms with E-state index in [0.717, 1.165) is 11.1 Å². The molecule has 0 saturated carbocycles. The van der Waals surface area contributed by atoms with Gasteiger partial charge in [0.15, 0.2) is 5.78 Å². The summed E-state index contributed by atoms with van der Waals surface area (Å²) in [4.78, 5) is 23.5. The van der Waals surface area contributed by atoms with E-state index in [9.17, 15) is 14.0 Å². The zero-order valence-corrected chi connectivity index (χ0v) is 13.3. The number of carbonyl (C=O) groups excluding carboxylic acids is 2. The van der Waals surface area contributed by atoms with Crippen LogP contribution in [0.1, 0.15) is 32.4 Å². The van der Waals surface area contributed by atoms with Gasteiger partial charge in [-0.1, -0.05) is 49.4 Å². The summed E-state index contributed by atoms with van der Waals surface area (Å²) in [5.41, 5.74) is 2.01. The Balaban J connectivity index is 0.00000312. The van der Waals surface area contributed by atoms with Crippen LogP contribution in [-0.2, 0) is 16.0 Å². The number of Topliss-reactive ketones (excluding diaryl/α,β-unsaturated/α-hetero) is 1. The zero-order valence-electron chi connectivity index (χ0n) is 14.3. The summed E-state index contributed by atoms with van der Waals surface area (Å²) >= 11 is 0. The van der Waals surface area contributed by atoms with Gasteiger partial charge in [-0.15, -0.1) is 6.42 Å². The molecule has 2 rings (SSSR count). The molecule has 0 aliphatic heterocycles. The SMILES string of the molecule is C#CC(=O)Cc1ccc(C(C)C(=O)/C=C/c2ccccc2F)cc1.[HH].[H]. The van der Waals surface area contributed by atoms with Crippen LogP contribution in [0.5, 0.6) is 0 Å². The number of rotatable bonds is 6. The minimum atomic E-state index is -0.364. The van der Waals surface area contributed by atoms with E-state index in [2.05, 4.69) is 5.92 Å². The van der Waals surface area contributed by atoms with Gasteiger partial charge in [-0.3, -0.25) is 9.59 Å². The average molecular weight is 323 g/mol. The molecular formula is C21H20FO2. The molecule has 0 aliphatic rings. The van der Waals surface area contributed by atoms with E-state index < -0.39 is 0 Å². The molecule has 0 N–H and O–H groups in total. The molecular weight excluding hydrogens is 303 g/mol. The molecule has 3 heteroatoms. The molecule has 24 heavy (non-hydrogen) atoms. The summed E-state index contributed by atoms with van der Waals surface area (Å²) in [6.07, 6.45) is 8.11. The second-order valence-electron chi connectivity index (χ2n) is 5.46. The number of halogens is 1. The summed E-state index contributed by atoms with van der Waals surface area (Å²) in [5.74, 6) is 0.955. The number of hydrogen-bond acceptors (Lipinski definition) is 2. The van der Waals surface area contributed by atoms with E-state index in [-0.39, 0.29) is 32.6 Å². The number of allylic oxidation sites excluding steroid dienone is 1. The standard InChI is InChI=1S/C21H17FO2.H2.H/c1-3-19(23)14-16-8-10-17(11-9-16)15(2)21(24)13-12-18-6-4-5-7-20(18)22;;/h1,4-13,15H,14H2,2H3;1H;/b13-12+;;. The summed E-state index contributed by atoms with van der Waals surface area (Å²) in [6, 6.07) is 13.5. The van der Waals surface area contributed by atoms with E-state index in [1.807, 2.05) is 0 Å². The Kier molecular flexibility index (Phi) is 5.81. The first-order valence-electron chi connectivity index (χ1n) is 7.56. The van der Waals surface area contributed by atoms with Gasteiger partial charge in [0, 0.05) is 20.8 Å². The van der Waals surface area contributed by atoms with E-state index in [4.69, 9.17) is 6.42 Å². The van der Waals surface area contributed by atoms with Gasteiger partial charge in [-0.05, 0) is 35.3 Å². The van der Waals surface area contributed by atoms with Crippen LogP contribution in [0.2, 0.25) is 0 Å². The fraction of sp³-hybridized carbons (Fsp3) is 0.143. The number of ketones is 2. The van der Waals surface area contributed by atoms with Crippen molar-refractivity contribution in [2.24, 2.45) is 0 Å². The molecule has 2 nitrogen and oxygen atoms in total. The molecule has 1 radical (unpaired) electrons. The largest absolute Gasteiger partial charge is 0.294 e. The molecule has 0 fully saturated rings. The van der Waals surface area contributed by atoms with Crippen LogP contribution in [0.4, 0.5) is 4.39 Å². The Labute approximate surface area is 144 Å². The van der Waals surface area contributed by atoms with Crippen molar-refractivity contribution in [2.75, 3.05) is 0 Å². The van der Waals surface area contributed by atoms with Crippen molar-refractivity contribution in [3.05, 3.63) is 77.1 Å². The first-order chi connectivity index (χ1) is 11.5. The molecule has 2 aromatic rings. The maximum atomic E-state index is 13.5. The Bertz CT molecular complexity index is 821. The lowest BCUT2D eigenvalue weighted by molar-refractivity contribution is -0.115. The predicted octanol–water partition coefficient (Wildman–Crippen LogP) is 4.32. The zero-order chi connectivity index (χ0) is 17.5. The molecule has 0 spiro atoms. The van der Waals surface area contributed by atoms with Crippen molar-refractivity contribution >= 4 is 17.6 Å². The minimum Gasteiger partial charge on any atom is -0.294 e. The van der Waals surface area contributed by atoms with Crippen LogP contribution in [0.3, 0.4) is 0 Å². The first kappa shape index (κ1) is 17.4. The lowest BCUT2D eigenvalue weighted by Crippen LogP contribution is -2.06. The number of terminal acetylenes is 1. The molecule has 1 unspecified atom stereocenters. The molecule has 123 valence electrons. The van der Waals surface area contributed by atoms with Gasteiger partial charge in [0.1, 0.15) is 5.82 Å². The van der Waals surface area contributed by atoms with Gasteiger partial charge in [0.2, 0.25) is 5.78 Å². The summed E-state index contributed by atoms with van der Waals surface area (Å²) < 4.78 is 13.5. The van der Waals surface area contributed by atoms with Gasteiger partial charge in [0.25, 0.3) is 0 Å². The highest BCUT2D eigenvalue weighted by Crippen LogP contribution is 2.19. The fourth-order valence-corrected chi connectivity index (χ4v) is 2.25. The van der Waals surface area contributed by atoms with Crippen LogP contribution in [0, 0.1) is 18.2 Å². The van der Waals surface area contributed by atoms with E-state index >= 15 is 0 Å². The summed E-state index contributed by atoms with van der Waals surface area (Å²) in [5, 5.41) is 0. The number of benzene rings is 2. The van der Waals surface area contributed by atoms with Crippen LogP contribution in [-0.4, -0.2) is 11.6 Å². The quantitative estimate of drug-likeness (QED) is 0.451. The fourth-order valence-electron chi connectivity index (χ4n) is 2.25. The first-order valence-corrected chi connectivity index (χ1v) is 7.56. The Morgan fingerprint density at radius 3 is 2.54 bits per heavy atom. The molecule has 2 aromatic carbocycles. The van der Waals surface area contributed by atoms with Crippen LogP contribution in [0.25, 0.3) is 6.08 Å². The van der Waals surface area contributed by atoms with Crippen molar-refractivity contribution in [3.63, 3.8) is 0 Å². The minimum absolute atomic E-state index is 0. The highest BCUT2D eigenvalue weighted by atomic mass is 19.1. The third-order valence-corrected chi connectivity index (χ3v) is 3.76. The summed E-state index contributed by atoms with van der Waals surface area (Å²) in [7, 11) is 0. The molecule has 0 bridgehead atoms. The second-order valence-corrected chi connectivity index (χ2v) is 5.46. The Morgan fingerprint density at radius 1 is 1.25 bits per heavy atom. The molecule has 0 saturated heterocycles. The maximum absolute atomic E-state index is 13.5. The van der Waals surface area contributed by atoms with Crippen LogP contribution >= 0.6 is 0 Å².